The molecule has 0 saturated carbocycles. The molecule has 0 amide bonds. The molecule has 0 bridgehead atoms. The Labute approximate surface area is 365 Å². The van der Waals surface area contributed by atoms with Gasteiger partial charge in [-0.3, -0.25) is 0 Å². The van der Waals surface area contributed by atoms with Crippen LogP contribution in [-0.2, 0) is 24.7 Å². The molecule has 0 aliphatic carbocycles. The van der Waals surface area contributed by atoms with Crippen LogP contribution in [0.5, 0.6) is 0 Å². The fourth-order valence-electron chi connectivity index (χ4n) is 8.88. The summed E-state index contributed by atoms with van der Waals surface area (Å²) in [5.41, 5.74) is 4.68. The van der Waals surface area contributed by atoms with Crippen molar-refractivity contribution in [1.82, 2.24) is 4.57 Å². The Hall–Kier alpha value is -6.50. The van der Waals surface area contributed by atoms with Crippen LogP contribution in [0.1, 0.15) is 55.6 Å². The van der Waals surface area contributed by atoms with Gasteiger partial charge >= 0.3 is 24.7 Å². The van der Waals surface area contributed by atoms with Crippen LogP contribution >= 0.6 is 0 Å². The van der Waals surface area contributed by atoms with E-state index in [1.54, 1.807) is 6.07 Å². The van der Waals surface area contributed by atoms with Crippen molar-refractivity contribution < 1.29 is 52.7 Å². The third-order valence-electron chi connectivity index (χ3n) is 12.6. The van der Waals surface area contributed by atoms with E-state index in [1.165, 1.54) is 42.0 Å². The van der Waals surface area contributed by atoms with E-state index < -0.39 is 58.1 Å². The average molecular weight is 904 g/mol. The average Bonchev–Trinajstić information content (AvgIpc) is 3.57. The molecule has 0 aliphatic heterocycles. The summed E-state index contributed by atoms with van der Waals surface area (Å²) in [6.07, 6.45) is -20.6. The van der Waals surface area contributed by atoms with Gasteiger partial charge in [0.2, 0.25) is 0 Å². The number of nitrogens with zero attached hydrogens (tertiary/aromatic N) is 1. The first kappa shape index (κ1) is 45.1. The van der Waals surface area contributed by atoms with Crippen LogP contribution in [0, 0.1) is 41.5 Å². The van der Waals surface area contributed by atoms with Crippen LogP contribution in [0.25, 0.3) is 72.0 Å². The van der Waals surface area contributed by atoms with Crippen LogP contribution in [0.4, 0.5) is 52.7 Å². The van der Waals surface area contributed by atoms with E-state index in [0.717, 1.165) is 50.1 Å². The van der Waals surface area contributed by atoms with E-state index in [0.29, 0.717) is 41.0 Å². The third kappa shape index (κ3) is 8.03. The van der Waals surface area contributed by atoms with Crippen molar-refractivity contribution in [3.8, 4) is 50.2 Å². The van der Waals surface area contributed by atoms with Crippen LogP contribution in [-0.4, -0.2) is 4.57 Å². The van der Waals surface area contributed by atoms with Crippen molar-refractivity contribution in [2.75, 3.05) is 0 Å². The van der Waals surface area contributed by atoms with Crippen LogP contribution in [0.3, 0.4) is 0 Å². The highest BCUT2D eigenvalue weighted by atomic mass is 19.4. The zero-order valence-corrected chi connectivity index (χ0v) is 35.5. The SMILES string of the molecule is Cc1c(-c2ccccc2-n2c3ccc(-c4cc(C(F)(F)F)cc(C(F)(F)F)c4)cc3c3cc(-c4cc(C(F)(F)F)cc(C(F)(F)F)c4)ccc32)cccc1-c1c(C)c(C)c(C)c(C)c1C. The van der Waals surface area contributed by atoms with E-state index in [2.05, 4.69) is 34.6 Å². The van der Waals surface area contributed by atoms with E-state index >= 15 is 0 Å². The molecule has 13 heteroatoms. The fourth-order valence-corrected chi connectivity index (χ4v) is 8.88. The molecule has 8 rings (SSSR count). The summed E-state index contributed by atoms with van der Waals surface area (Å²) in [6, 6.07) is 24.2. The molecule has 0 atom stereocenters. The first-order chi connectivity index (χ1) is 30.3. The van der Waals surface area contributed by atoms with Gasteiger partial charge in [-0.1, -0.05) is 48.5 Å². The summed E-state index contributed by atoms with van der Waals surface area (Å²) in [5.74, 6) is 0. The van der Waals surface area contributed by atoms with Crippen molar-refractivity contribution in [3.63, 3.8) is 0 Å². The van der Waals surface area contributed by atoms with E-state index in [4.69, 9.17) is 0 Å². The summed E-state index contributed by atoms with van der Waals surface area (Å²) in [5, 5.41) is 0.510. The maximum Gasteiger partial charge on any atom is 0.416 e. The van der Waals surface area contributed by atoms with Crippen LogP contribution in [0.2, 0.25) is 0 Å². The summed E-state index contributed by atoms with van der Waals surface area (Å²) in [6.45, 7) is 12.4. The number of alkyl halides is 12. The second kappa shape index (κ2) is 15.6. The molecule has 0 spiro atoms. The molecular formula is C52H37F12N. The number of fused-ring (bicyclic) bond motifs is 3. The molecule has 1 aromatic heterocycles. The highest BCUT2D eigenvalue weighted by molar-refractivity contribution is 6.12. The summed E-state index contributed by atoms with van der Waals surface area (Å²) in [4.78, 5) is 0. The highest BCUT2D eigenvalue weighted by Crippen LogP contribution is 2.46. The second-order valence-electron chi connectivity index (χ2n) is 16.4. The van der Waals surface area contributed by atoms with Gasteiger partial charge in [-0.15, -0.1) is 0 Å². The van der Waals surface area contributed by atoms with Gasteiger partial charge in [-0.2, -0.15) is 52.7 Å². The maximum absolute atomic E-state index is 14.0. The minimum Gasteiger partial charge on any atom is -0.309 e. The Bertz CT molecular complexity index is 2990. The fraction of sp³-hybridized carbons (Fsp3) is 0.192. The number of hydrogen-bond acceptors (Lipinski definition) is 0. The lowest BCUT2D eigenvalue weighted by molar-refractivity contribution is -0.144. The van der Waals surface area contributed by atoms with Crippen molar-refractivity contribution in [3.05, 3.63) is 171 Å². The zero-order chi connectivity index (χ0) is 47.3. The number of benzene rings is 7. The Morgan fingerprint density at radius 2 is 0.692 bits per heavy atom. The molecule has 65 heavy (non-hydrogen) atoms. The topological polar surface area (TPSA) is 4.93 Å². The Balaban J connectivity index is 1.42. The monoisotopic (exact) mass is 903 g/mol. The molecule has 8 aromatic rings. The number of halogens is 12. The Morgan fingerprint density at radius 1 is 0.323 bits per heavy atom. The molecule has 0 radical (unpaired) electrons. The highest BCUT2D eigenvalue weighted by Gasteiger charge is 2.38. The normalized spacial score (nSPS) is 12.8. The molecular weight excluding hydrogens is 867 g/mol. The van der Waals surface area contributed by atoms with Crippen LogP contribution < -0.4 is 0 Å². The van der Waals surface area contributed by atoms with E-state index in [9.17, 15) is 52.7 Å². The first-order valence-electron chi connectivity index (χ1n) is 20.2. The minimum atomic E-state index is -5.14. The summed E-state index contributed by atoms with van der Waals surface area (Å²) >= 11 is 0. The quantitative estimate of drug-likeness (QED) is 0.152. The molecule has 0 saturated heterocycles. The molecule has 1 heterocycles. The van der Waals surface area contributed by atoms with E-state index in [1.807, 2.05) is 47.9 Å². The van der Waals surface area contributed by atoms with Gasteiger partial charge in [0, 0.05) is 16.3 Å². The number of hydrogen-bond donors (Lipinski definition) is 0. The third-order valence-corrected chi connectivity index (χ3v) is 12.6. The Kier molecular flexibility index (Phi) is 10.8. The summed E-state index contributed by atoms with van der Waals surface area (Å²) < 4.78 is 170. The van der Waals surface area contributed by atoms with Gasteiger partial charge in [-0.05, 0) is 181 Å². The minimum absolute atomic E-state index is 0.0160. The lowest BCUT2D eigenvalue weighted by Crippen LogP contribution is -2.11. The first-order valence-corrected chi connectivity index (χ1v) is 20.2. The second-order valence-corrected chi connectivity index (χ2v) is 16.4. The van der Waals surface area contributed by atoms with Gasteiger partial charge < -0.3 is 4.57 Å². The number of rotatable bonds is 5. The predicted octanol–water partition coefficient (Wildman–Crippen LogP) is 17.4. The standard InChI is InChI=1S/C52H37F12N/c1-26-27(2)29(4)48(30(5)28(26)3)41-12-9-11-40(31(41)6)42-10-7-8-13-45(42)65-46-16-14-32(34-18-36(49(53,54)55)24-37(19-34)50(56,57)58)22-43(46)44-23-33(15-17-47(44)65)35-20-38(51(59,60)61)25-39(21-35)52(62,63)64/h7-25H,1-6H3. The molecule has 334 valence electrons. The van der Waals surface area contributed by atoms with Gasteiger partial charge in [0.05, 0.1) is 39.0 Å². The zero-order valence-electron chi connectivity index (χ0n) is 35.5. The van der Waals surface area contributed by atoms with Crippen molar-refractivity contribution in [2.45, 2.75) is 66.2 Å². The molecule has 1 nitrogen and oxygen atoms in total. The number of aromatic nitrogens is 1. The van der Waals surface area contributed by atoms with Gasteiger partial charge in [0.25, 0.3) is 0 Å². The summed E-state index contributed by atoms with van der Waals surface area (Å²) in [7, 11) is 0. The van der Waals surface area contributed by atoms with Crippen molar-refractivity contribution in [2.24, 2.45) is 0 Å². The smallest absolute Gasteiger partial charge is 0.309 e. The van der Waals surface area contributed by atoms with Crippen molar-refractivity contribution >= 4 is 21.8 Å². The van der Waals surface area contributed by atoms with E-state index in [-0.39, 0.29) is 34.0 Å². The largest absolute Gasteiger partial charge is 0.416 e. The van der Waals surface area contributed by atoms with Gasteiger partial charge in [0.1, 0.15) is 0 Å². The molecule has 0 unspecified atom stereocenters. The lowest BCUT2D eigenvalue weighted by Gasteiger charge is -2.22. The van der Waals surface area contributed by atoms with Crippen LogP contribution in [0.15, 0.2) is 115 Å². The molecule has 7 aromatic carbocycles. The van der Waals surface area contributed by atoms with Crippen molar-refractivity contribution in [1.29, 1.82) is 0 Å². The number of para-hydroxylation sites is 1. The maximum atomic E-state index is 14.0. The predicted molar refractivity (Wildman–Crippen MR) is 231 cm³/mol. The Morgan fingerprint density at radius 3 is 1.11 bits per heavy atom. The van der Waals surface area contributed by atoms with Gasteiger partial charge in [-0.25, -0.2) is 0 Å². The van der Waals surface area contributed by atoms with Gasteiger partial charge in [0.15, 0.2) is 0 Å². The molecule has 0 aliphatic rings. The lowest BCUT2D eigenvalue weighted by atomic mass is 9.83. The molecule has 0 N–H and O–H groups in total. The molecule has 0 fully saturated rings.